The number of benzene rings is 1. The number of aliphatic hydroxyl groups excluding tert-OH is 1. The quantitative estimate of drug-likeness (QED) is 0.219. The molecule has 1 aromatic carbocycles. The number of carbonyl (C=O) groups is 1. The van der Waals surface area contributed by atoms with Crippen molar-refractivity contribution in [3.63, 3.8) is 0 Å². The lowest BCUT2D eigenvalue weighted by Gasteiger charge is -2.49. The van der Waals surface area contributed by atoms with Crippen molar-refractivity contribution in [1.82, 2.24) is 4.90 Å². The van der Waals surface area contributed by atoms with Crippen molar-refractivity contribution in [2.24, 2.45) is 23.7 Å². The topological polar surface area (TPSA) is 68.2 Å². The van der Waals surface area contributed by atoms with Gasteiger partial charge in [-0.1, -0.05) is 76.6 Å². The molecule has 240 valence electrons. The first kappa shape index (κ1) is 31.4. The number of aliphatic hydroxyl groups is 1. The smallest absolute Gasteiger partial charge is 0.343 e. The summed E-state index contributed by atoms with van der Waals surface area (Å²) in [6.45, 7) is 7.16. The zero-order chi connectivity index (χ0) is 30.8. The standard InChI is InChI=1S/C38H53NO5/c1-5-6-7-12-26-15-10-16-28(19-26)20-29-21-30(32(40)23-27-13-8-9-14-27)39-18-11-17-33-34(31(39)22-29)24(2)36(43-33)37-35(42-4)25(3)38(41)44-37/h10,15-17,19,24,27,29-32,34,40H,5-9,11-14,18,20-23H2,1-4H3/t24-,29+,30-,31+,32-,34-/m0/s1. The Hall–Kier alpha value is -2.57. The molecule has 2 saturated heterocycles. The van der Waals surface area contributed by atoms with Gasteiger partial charge in [0.1, 0.15) is 5.76 Å². The molecular formula is C38H53NO5. The Labute approximate surface area is 264 Å². The number of unbranched alkanes of at least 4 members (excludes halogenated alkanes) is 2. The molecule has 6 rings (SSSR count). The molecule has 4 heterocycles. The third-order valence-corrected chi connectivity index (χ3v) is 11.2. The number of hydrogen-bond donors (Lipinski definition) is 1. The lowest BCUT2D eigenvalue weighted by atomic mass is 9.73. The molecule has 0 spiro atoms. The predicted molar refractivity (Wildman–Crippen MR) is 172 cm³/mol. The highest BCUT2D eigenvalue weighted by Crippen LogP contribution is 2.50. The number of piperidine rings is 1. The number of allylic oxidation sites excluding steroid dienone is 1. The fourth-order valence-electron chi connectivity index (χ4n) is 8.99. The number of hydrogen-bond acceptors (Lipinski definition) is 6. The molecule has 0 bridgehead atoms. The van der Waals surface area contributed by atoms with Gasteiger partial charge in [-0.3, -0.25) is 4.90 Å². The second kappa shape index (κ2) is 13.8. The van der Waals surface area contributed by atoms with Crippen LogP contribution >= 0.6 is 0 Å². The van der Waals surface area contributed by atoms with Crippen molar-refractivity contribution in [3.05, 3.63) is 70.1 Å². The fourth-order valence-corrected chi connectivity index (χ4v) is 8.99. The van der Waals surface area contributed by atoms with Crippen LogP contribution in [0.25, 0.3) is 0 Å². The SMILES string of the molecule is CCCCCc1cccc(C[C@H]2C[C@@H]3[C@H]4C(=CCCN3[C@H]([C@@H](O)CC3CCCC3)C2)OC(=C2OC(=O)C(C)=C2OC)[C@H]4C)c1. The van der Waals surface area contributed by atoms with Crippen molar-refractivity contribution >= 4 is 5.97 Å². The number of ether oxygens (including phenoxy) is 3. The summed E-state index contributed by atoms with van der Waals surface area (Å²) in [5.74, 6) is 3.54. The summed E-state index contributed by atoms with van der Waals surface area (Å²) in [4.78, 5) is 15.1. The van der Waals surface area contributed by atoms with Gasteiger partial charge in [0.15, 0.2) is 11.5 Å². The molecule has 1 N–H and O–H groups in total. The number of methoxy groups -OCH3 is 1. The highest BCUT2D eigenvalue weighted by molar-refractivity contribution is 5.93. The van der Waals surface area contributed by atoms with Crippen LogP contribution in [-0.2, 0) is 31.8 Å². The van der Waals surface area contributed by atoms with Crippen molar-refractivity contribution < 1.29 is 24.1 Å². The van der Waals surface area contributed by atoms with Crippen LogP contribution in [0.1, 0.15) is 103 Å². The Morgan fingerprint density at radius 3 is 2.66 bits per heavy atom. The van der Waals surface area contributed by atoms with Crippen LogP contribution in [-0.4, -0.2) is 47.8 Å². The van der Waals surface area contributed by atoms with Gasteiger partial charge in [-0.15, -0.1) is 0 Å². The highest BCUT2D eigenvalue weighted by atomic mass is 16.6. The molecule has 6 heteroatoms. The summed E-state index contributed by atoms with van der Waals surface area (Å²) in [6, 6.07) is 9.65. The van der Waals surface area contributed by atoms with Gasteiger partial charge in [-0.2, -0.15) is 0 Å². The van der Waals surface area contributed by atoms with Gasteiger partial charge in [0.2, 0.25) is 5.76 Å². The molecule has 0 unspecified atom stereocenters. The number of carbonyl (C=O) groups excluding carboxylic acids is 1. The summed E-state index contributed by atoms with van der Waals surface area (Å²) >= 11 is 0. The summed E-state index contributed by atoms with van der Waals surface area (Å²) in [6.07, 6.45) is 16.9. The average Bonchev–Trinajstić information content (AvgIpc) is 3.68. The van der Waals surface area contributed by atoms with E-state index in [4.69, 9.17) is 14.2 Å². The maximum Gasteiger partial charge on any atom is 0.343 e. The van der Waals surface area contributed by atoms with Gasteiger partial charge in [-0.05, 0) is 80.9 Å². The molecule has 0 aromatic heterocycles. The molecule has 0 radical (unpaired) electrons. The predicted octanol–water partition coefficient (Wildman–Crippen LogP) is 7.61. The van der Waals surface area contributed by atoms with Gasteiger partial charge in [0, 0.05) is 30.5 Å². The first-order valence-electron chi connectivity index (χ1n) is 17.5. The van der Waals surface area contributed by atoms with Crippen molar-refractivity contribution in [2.45, 2.75) is 122 Å². The van der Waals surface area contributed by atoms with E-state index in [9.17, 15) is 9.90 Å². The van der Waals surface area contributed by atoms with E-state index in [2.05, 4.69) is 49.1 Å². The minimum absolute atomic E-state index is 0.0268. The van der Waals surface area contributed by atoms with Crippen LogP contribution in [0.2, 0.25) is 0 Å². The molecule has 3 fully saturated rings. The molecule has 6 atom stereocenters. The number of fused-ring (bicyclic) bond motifs is 3. The van der Waals surface area contributed by atoms with Crippen LogP contribution in [0.5, 0.6) is 0 Å². The van der Waals surface area contributed by atoms with Gasteiger partial charge in [0.05, 0.1) is 18.8 Å². The van der Waals surface area contributed by atoms with E-state index < -0.39 is 0 Å². The Balaban J connectivity index is 1.29. The third kappa shape index (κ3) is 6.39. The van der Waals surface area contributed by atoms with Crippen molar-refractivity contribution in [1.29, 1.82) is 0 Å². The van der Waals surface area contributed by atoms with E-state index in [1.54, 1.807) is 14.0 Å². The molecule has 0 amide bonds. The normalized spacial score (nSPS) is 31.7. The lowest BCUT2D eigenvalue weighted by Crippen LogP contribution is -2.57. The number of esters is 1. The van der Waals surface area contributed by atoms with Crippen molar-refractivity contribution in [2.75, 3.05) is 13.7 Å². The molecule has 44 heavy (non-hydrogen) atoms. The first-order chi connectivity index (χ1) is 21.4. The van der Waals surface area contributed by atoms with Gasteiger partial charge >= 0.3 is 5.97 Å². The summed E-state index contributed by atoms with van der Waals surface area (Å²) in [5.41, 5.74) is 3.36. The fraction of sp³-hybridized carbons (Fsp3) is 0.658. The van der Waals surface area contributed by atoms with Crippen LogP contribution in [0.3, 0.4) is 0 Å². The Kier molecular flexibility index (Phi) is 9.87. The van der Waals surface area contributed by atoms with E-state index in [-0.39, 0.29) is 36.0 Å². The zero-order valence-corrected chi connectivity index (χ0v) is 27.4. The van der Waals surface area contributed by atoms with Gasteiger partial charge in [-0.25, -0.2) is 4.79 Å². The van der Waals surface area contributed by atoms with Crippen LogP contribution in [0.15, 0.2) is 59.0 Å². The summed E-state index contributed by atoms with van der Waals surface area (Å²) in [5, 5.41) is 11.9. The third-order valence-electron chi connectivity index (χ3n) is 11.2. The minimum atomic E-state index is -0.368. The van der Waals surface area contributed by atoms with E-state index >= 15 is 0 Å². The maximum atomic E-state index is 12.5. The molecule has 6 nitrogen and oxygen atoms in total. The molecule has 5 aliphatic rings. The van der Waals surface area contributed by atoms with Gasteiger partial charge < -0.3 is 19.3 Å². The number of nitrogens with zero attached hydrogens (tertiary/aromatic N) is 1. The van der Waals surface area contributed by atoms with Gasteiger partial charge in [0.25, 0.3) is 0 Å². The lowest BCUT2D eigenvalue weighted by molar-refractivity contribution is -0.133. The Bertz CT molecular complexity index is 1290. The summed E-state index contributed by atoms with van der Waals surface area (Å²) < 4.78 is 17.9. The Morgan fingerprint density at radius 1 is 1.09 bits per heavy atom. The second-order valence-electron chi connectivity index (χ2n) is 14.2. The van der Waals surface area contributed by atoms with Crippen LogP contribution < -0.4 is 0 Å². The van der Waals surface area contributed by atoms with Crippen LogP contribution in [0, 0.1) is 23.7 Å². The highest BCUT2D eigenvalue weighted by Gasteiger charge is 2.51. The van der Waals surface area contributed by atoms with E-state index in [1.807, 2.05) is 0 Å². The minimum Gasteiger partial charge on any atom is -0.492 e. The Morgan fingerprint density at radius 2 is 1.89 bits per heavy atom. The number of cyclic esters (lactones) is 1. The first-order valence-corrected chi connectivity index (χ1v) is 17.5. The van der Waals surface area contributed by atoms with Crippen molar-refractivity contribution in [3.8, 4) is 0 Å². The molecule has 1 aromatic rings. The van der Waals surface area contributed by atoms with Crippen LogP contribution in [0.4, 0.5) is 0 Å². The molecular weight excluding hydrogens is 550 g/mol. The van der Waals surface area contributed by atoms with E-state index in [0.29, 0.717) is 34.7 Å². The largest absolute Gasteiger partial charge is 0.492 e. The van der Waals surface area contributed by atoms with E-state index in [0.717, 1.165) is 50.8 Å². The average molecular weight is 604 g/mol. The number of rotatable bonds is 10. The molecule has 4 aliphatic heterocycles. The zero-order valence-electron chi connectivity index (χ0n) is 27.4. The number of aryl methyl sites for hydroxylation is 1. The summed E-state index contributed by atoms with van der Waals surface area (Å²) in [7, 11) is 1.58. The monoisotopic (exact) mass is 603 g/mol. The van der Waals surface area contributed by atoms with E-state index in [1.165, 1.54) is 56.1 Å². The molecule has 1 saturated carbocycles. The maximum absolute atomic E-state index is 12.5. The second-order valence-corrected chi connectivity index (χ2v) is 14.2. The molecule has 1 aliphatic carbocycles.